The topological polar surface area (TPSA) is 75.4 Å². The molecule has 0 bridgehead atoms. The van der Waals surface area contributed by atoms with Crippen molar-refractivity contribution in [3.63, 3.8) is 0 Å². The lowest BCUT2D eigenvalue weighted by molar-refractivity contribution is -0.123. The van der Waals surface area contributed by atoms with Crippen LogP contribution in [0, 0.1) is 5.92 Å². The minimum atomic E-state index is -0.475. The van der Waals surface area contributed by atoms with Gasteiger partial charge in [-0.1, -0.05) is 26.0 Å². The second-order valence-corrected chi connectivity index (χ2v) is 4.15. The van der Waals surface area contributed by atoms with Gasteiger partial charge in [0, 0.05) is 6.54 Å². The number of hydrogen-bond acceptors (Lipinski definition) is 3. The number of phenolic OH excluding ortho intramolecular Hbond substituents is 1. The quantitative estimate of drug-likeness (QED) is 0.711. The molecule has 4 nitrogen and oxygen atoms in total. The van der Waals surface area contributed by atoms with E-state index in [9.17, 15) is 4.79 Å². The molecule has 0 radical (unpaired) electrons. The molecule has 0 aliphatic rings. The minimum absolute atomic E-state index is 0.125. The van der Waals surface area contributed by atoms with Crippen molar-refractivity contribution in [3.05, 3.63) is 29.8 Å². The SMILES string of the molecule is CC(C)C(N)C(=O)NCc1ccc(O)cc1. The standard InChI is InChI=1S/C12H18N2O2/c1-8(2)11(13)12(16)14-7-9-3-5-10(15)6-4-9/h3-6,8,11,15H,7,13H2,1-2H3,(H,14,16). The van der Waals surface area contributed by atoms with Gasteiger partial charge in [0.25, 0.3) is 0 Å². The Morgan fingerprint density at radius 2 is 1.94 bits per heavy atom. The van der Waals surface area contributed by atoms with Gasteiger partial charge in [0.05, 0.1) is 6.04 Å². The third kappa shape index (κ3) is 3.55. The monoisotopic (exact) mass is 222 g/mol. The zero-order valence-corrected chi connectivity index (χ0v) is 9.60. The largest absolute Gasteiger partial charge is 0.508 e. The highest BCUT2D eigenvalue weighted by molar-refractivity contribution is 5.81. The second kappa shape index (κ2) is 5.51. The van der Waals surface area contributed by atoms with E-state index in [1.807, 2.05) is 13.8 Å². The molecule has 0 aromatic heterocycles. The van der Waals surface area contributed by atoms with Crippen molar-refractivity contribution >= 4 is 5.91 Å². The molecule has 0 saturated carbocycles. The first kappa shape index (κ1) is 12.5. The van der Waals surface area contributed by atoms with Gasteiger partial charge in [0.1, 0.15) is 5.75 Å². The number of benzene rings is 1. The molecule has 4 heteroatoms. The molecule has 1 unspecified atom stereocenters. The Bertz CT molecular complexity index is 347. The van der Waals surface area contributed by atoms with Gasteiger partial charge in [0.15, 0.2) is 0 Å². The van der Waals surface area contributed by atoms with E-state index in [1.165, 1.54) is 0 Å². The molecule has 1 rings (SSSR count). The smallest absolute Gasteiger partial charge is 0.237 e. The molecule has 0 aliphatic carbocycles. The second-order valence-electron chi connectivity index (χ2n) is 4.15. The summed E-state index contributed by atoms with van der Waals surface area (Å²) >= 11 is 0. The first-order valence-corrected chi connectivity index (χ1v) is 5.32. The first-order chi connectivity index (χ1) is 7.50. The molecule has 0 aliphatic heterocycles. The Morgan fingerprint density at radius 1 is 1.38 bits per heavy atom. The van der Waals surface area contributed by atoms with Crippen molar-refractivity contribution in [3.8, 4) is 5.75 Å². The van der Waals surface area contributed by atoms with E-state index < -0.39 is 6.04 Å². The summed E-state index contributed by atoms with van der Waals surface area (Å²) in [5.74, 6) is 0.192. The third-order valence-electron chi connectivity index (χ3n) is 2.42. The van der Waals surface area contributed by atoms with Crippen molar-refractivity contribution in [2.75, 3.05) is 0 Å². The molecule has 0 saturated heterocycles. The van der Waals surface area contributed by atoms with Gasteiger partial charge >= 0.3 is 0 Å². The Balaban J connectivity index is 2.46. The van der Waals surface area contributed by atoms with Gasteiger partial charge in [-0.05, 0) is 23.6 Å². The average Bonchev–Trinajstić information content (AvgIpc) is 2.26. The van der Waals surface area contributed by atoms with Crippen LogP contribution in [0.5, 0.6) is 5.75 Å². The molecule has 1 amide bonds. The van der Waals surface area contributed by atoms with Gasteiger partial charge in [0.2, 0.25) is 5.91 Å². The van der Waals surface area contributed by atoms with E-state index >= 15 is 0 Å². The highest BCUT2D eigenvalue weighted by Crippen LogP contribution is 2.09. The Kier molecular flexibility index (Phi) is 4.31. The molecule has 1 aromatic carbocycles. The highest BCUT2D eigenvalue weighted by atomic mass is 16.3. The van der Waals surface area contributed by atoms with Crippen LogP contribution in [0.15, 0.2) is 24.3 Å². The van der Waals surface area contributed by atoms with Crippen LogP contribution < -0.4 is 11.1 Å². The number of phenols is 1. The van der Waals surface area contributed by atoms with Crippen LogP contribution >= 0.6 is 0 Å². The molecule has 1 aromatic rings. The molecule has 0 fully saturated rings. The fraction of sp³-hybridized carbons (Fsp3) is 0.417. The molecule has 1 atom stereocenters. The minimum Gasteiger partial charge on any atom is -0.508 e. The number of carbonyl (C=O) groups excluding carboxylic acids is 1. The summed E-state index contributed by atoms with van der Waals surface area (Å²) in [5, 5.41) is 11.8. The number of hydrogen-bond donors (Lipinski definition) is 3. The molecule has 16 heavy (non-hydrogen) atoms. The van der Waals surface area contributed by atoms with E-state index in [0.717, 1.165) is 5.56 Å². The highest BCUT2D eigenvalue weighted by Gasteiger charge is 2.16. The van der Waals surface area contributed by atoms with Crippen LogP contribution in [-0.4, -0.2) is 17.1 Å². The molecule has 88 valence electrons. The summed E-state index contributed by atoms with van der Waals surface area (Å²) in [6.07, 6.45) is 0. The number of aromatic hydroxyl groups is 1. The van der Waals surface area contributed by atoms with Crippen molar-refractivity contribution in [1.29, 1.82) is 0 Å². The maximum atomic E-state index is 11.5. The number of carbonyl (C=O) groups is 1. The Hall–Kier alpha value is -1.55. The van der Waals surface area contributed by atoms with Gasteiger partial charge in [-0.2, -0.15) is 0 Å². The number of rotatable bonds is 4. The normalized spacial score (nSPS) is 12.5. The predicted octanol–water partition coefficient (Wildman–Crippen LogP) is 0.992. The maximum Gasteiger partial charge on any atom is 0.237 e. The third-order valence-corrected chi connectivity index (χ3v) is 2.42. The summed E-state index contributed by atoms with van der Waals surface area (Å²) in [7, 11) is 0. The summed E-state index contributed by atoms with van der Waals surface area (Å²) in [5.41, 5.74) is 6.63. The van der Waals surface area contributed by atoms with Crippen molar-refractivity contribution in [1.82, 2.24) is 5.32 Å². The number of nitrogens with one attached hydrogen (secondary N) is 1. The van der Waals surface area contributed by atoms with E-state index in [4.69, 9.17) is 10.8 Å². The fourth-order valence-corrected chi connectivity index (χ4v) is 1.22. The zero-order chi connectivity index (χ0) is 12.1. The van der Waals surface area contributed by atoms with E-state index in [0.29, 0.717) is 6.54 Å². The Morgan fingerprint density at radius 3 is 2.44 bits per heavy atom. The van der Waals surface area contributed by atoms with Crippen LogP contribution in [0.3, 0.4) is 0 Å². The van der Waals surface area contributed by atoms with E-state index in [2.05, 4.69) is 5.32 Å². The van der Waals surface area contributed by atoms with Gasteiger partial charge in [-0.3, -0.25) is 4.79 Å². The lowest BCUT2D eigenvalue weighted by Gasteiger charge is -2.15. The van der Waals surface area contributed by atoms with Crippen LogP contribution in [-0.2, 0) is 11.3 Å². The zero-order valence-electron chi connectivity index (χ0n) is 9.60. The van der Waals surface area contributed by atoms with Crippen LogP contribution in [0.4, 0.5) is 0 Å². The average molecular weight is 222 g/mol. The summed E-state index contributed by atoms with van der Waals surface area (Å²) < 4.78 is 0. The van der Waals surface area contributed by atoms with Crippen molar-refractivity contribution in [2.24, 2.45) is 11.7 Å². The summed E-state index contributed by atoms with van der Waals surface area (Å²) in [4.78, 5) is 11.5. The molecule has 0 heterocycles. The lowest BCUT2D eigenvalue weighted by Crippen LogP contribution is -2.43. The molecular formula is C12H18N2O2. The fourth-order valence-electron chi connectivity index (χ4n) is 1.22. The van der Waals surface area contributed by atoms with Crippen LogP contribution in [0.2, 0.25) is 0 Å². The lowest BCUT2D eigenvalue weighted by atomic mass is 10.0. The first-order valence-electron chi connectivity index (χ1n) is 5.32. The molecule has 0 spiro atoms. The van der Waals surface area contributed by atoms with Crippen molar-refractivity contribution in [2.45, 2.75) is 26.4 Å². The van der Waals surface area contributed by atoms with Crippen LogP contribution in [0.25, 0.3) is 0 Å². The summed E-state index contributed by atoms with van der Waals surface area (Å²) in [6.45, 7) is 4.25. The molecular weight excluding hydrogens is 204 g/mol. The van der Waals surface area contributed by atoms with Crippen LogP contribution in [0.1, 0.15) is 19.4 Å². The maximum absolute atomic E-state index is 11.5. The number of amides is 1. The van der Waals surface area contributed by atoms with Gasteiger partial charge < -0.3 is 16.2 Å². The van der Waals surface area contributed by atoms with Gasteiger partial charge in [-0.15, -0.1) is 0 Å². The molecule has 4 N–H and O–H groups in total. The van der Waals surface area contributed by atoms with E-state index in [1.54, 1.807) is 24.3 Å². The van der Waals surface area contributed by atoms with E-state index in [-0.39, 0.29) is 17.6 Å². The summed E-state index contributed by atoms with van der Waals surface area (Å²) in [6, 6.07) is 6.22. The number of nitrogens with two attached hydrogens (primary N) is 1. The van der Waals surface area contributed by atoms with Gasteiger partial charge in [-0.25, -0.2) is 0 Å². The predicted molar refractivity (Wildman–Crippen MR) is 62.8 cm³/mol. The Labute approximate surface area is 95.5 Å². The van der Waals surface area contributed by atoms with Crippen molar-refractivity contribution < 1.29 is 9.90 Å².